The van der Waals surface area contributed by atoms with Gasteiger partial charge in [0.15, 0.2) is 0 Å². The molecule has 1 heterocycles. The highest BCUT2D eigenvalue weighted by molar-refractivity contribution is 5.89. The molecule has 0 aromatic heterocycles. The van der Waals surface area contributed by atoms with Crippen molar-refractivity contribution in [1.29, 1.82) is 0 Å². The number of nitrogens with one attached hydrogen (secondary N) is 1. The number of benzene rings is 1. The van der Waals surface area contributed by atoms with E-state index in [2.05, 4.69) is 34.5 Å². The quantitative estimate of drug-likeness (QED) is 0.868. The fraction of sp³-hybridized carbons (Fsp3) is 0.556. The summed E-state index contributed by atoms with van der Waals surface area (Å²) in [6.07, 6.45) is 1.13. The normalized spacial score (nSPS) is 17.7. The van der Waals surface area contributed by atoms with Crippen LogP contribution in [-0.4, -0.2) is 49.9 Å². The lowest BCUT2D eigenvalue weighted by Gasteiger charge is -2.20. The van der Waals surface area contributed by atoms with Gasteiger partial charge in [0.25, 0.3) is 0 Å². The minimum Gasteiger partial charge on any atom is -0.378 e. The van der Waals surface area contributed by atoms with Crippen LogP contribution in [0.25, 0.3) is 0 Å². The van der Waals surface area contributed by atoms with Crippen molar-refractivity contribution in [3.63, 3.8) is 0 Å². The Morgan fingerprint density at radius 3 is 2.48 bits per heavy atom. The van der Waals surface area contributed by atoms with Crippen molar-refractivity contribution in [3.8, 4) is 0 Å². The van der Waals surface area contributed by atoms with E-state index in [4.69, 9.17) is 0 Å². The second kappa shape index (κ2) is 7.49. The molecular weight excluding hydrogens is 290 g/mol. The van der Waals surface area contributed by atoms with Crippen molar-refractivity contribution in [2.75, 3.05) is 32.1 Å². The Kier molecular flexibility index (Phi) is 5.64. The Labute approximate surface area is 138 Å². The molecule has 0 aliphatic carbocycles. The number of carbonyl (C=O) groups excluding carboxylic acids is 2. The lowest BCUT2D eigenvalue weighted by Crippen LogP contribution is -2.36. The van der Waals surface area contributed by atoms with E-state index in [0.29, 0.717) is 19.5 Å². The molecule has 1 aromatic rings. The van der Waals surface area contributed by atoms with Gasteiger partial charge >= 0.3 is 0 Å². The molecule has 5 heteroatoms. The van der Waals surface area contributed by atoms with Crippen LogP contribution >= 0.6 is 0 Å². The molecule has 126 valence electrons. The predicted molar refractivity (Wildman–Crippen MR) is 92.4 cm³/mol. The van der Waals surface area contributed by atoms with Crippen molar-refractivity contribution in [3.05, 3.63) is 29.8 Å². The molecule has 23 heavy (non-hydrogen) atoms. The third kappa shape index (κ3) is 4.47. The van der Waals surface area contributed by atoms with E-state index in [1.807, 2.05) is 27.9 Å². The lowest BCUT2D eigenvalue weighted by atomic mass is 10.1. The first kappa shape index (κ1) is 17.3. The largest absolute Gasteiger partial charge is 0.378 e. The van der Waals surface area contributed by atoms with Crippen LogP contribution in [0.1, 0.15) is 25.8 Å². The Morgan fingerprint density at radius 1 is 1.30 bits per heavy atom. The summed E-state index contributed by atoms with van der Waals surface area (Å²) in [5.74, 6) is -0.133. The van der Waals surface area contributed by atoms with E-state index >= 15 is 0 Å². The molecule has 1 N–H and O–H groups in total. The number of amides is 2. The third-order valence-electron chi connectivity index (χ3n) is 4.32. The molecule has 0 bridgehead atoms. The Balaban J connectivity index is 1.78. The predicted octanol–water partition coefficient (Wildman–Crippen LogP) is 1.67. The Morgan fingerprint density at radius 2 is 1.96 bits per heavy atom. The van der Waals surface area contributed by atoms with Gasteiger partial charge in [-0.2, -0.15) is 0 Å². The molecule has 1 aliphatic rings. The first-order valence-corrected chi connectivity index (χ1v) is 8.22. The summed E-state index contributed by atoms with van der Waals surface area (Å²) in [5.41, 5.74) is 2.36. The van der Waals surface area contributed by atoms with Gasteiger partial charge in [0.1, 0.15) is 0 Å². The van der Waals surface area contributed by atoms with Gasteiger partial charge < -0.3 is 15.1 Å². The first-order valence-electron chi connectivity index (χ1n) is 8.22. The van der Waals surface area contributed by atoms with Gasteiger partial charge in [-0.1, -0.05) is 12.1 Å². The maximum absolute atomic E-state index is 12.2. The lowest BCUT2D eigenvalue weighted by molar-refractivity contribution is -0.129. The number of rotatable bonds is 6. The van der Waals surface area contributed by atoms with Crippen LogP contribution in [0.4, 0.5) is 5.69 Å². The minimum atomic E-state index is -0.207. The van der Waals surface area contributed by atoms with Crippen molar-refractivity contribution in [1.82, 2.24) is 10.2 Å². The van der Waals surface area contributed by atoms with Gasteiger partial charge in [0.2, 0.25) is 11.8 Å². The van der Waals surface area contributed by atoms with Crippen LogP contribution in [0.3, 0.4) is 0 Å². The maximum Gasteiger partial charge on any atom is 0.225 e. The second-order valence-electron chi connectivity index (χ2n) is 6.64. The minimum absolute atomic E-state index is 0.00795. The molecular formula is C18H27N3O2. The summed E-state index contributed by atoms with van der Waals surface area (Å²) in [5, 5.41) is 2.96. The number of carbonyl (C=O) groups is 2. The molecule has 0 saturated carbocycles. The third-order valence-corrected chi connectivity index (χ3v) is 4.32. The van der Waals surface area contributed by atoms with E-state index in [-0.39, 0.29) is 23.8 Å². The molecule has 2 rings (SSSR count). The van der Waals surface area contributed by atoms with E-state index in [9.17, 15) is 9.59 Å². The molecule has 1 saturated heterocycles. The fourth-order valence-electron chi connectivity index (χ4n) is 2.84. The maximum atomic E-state index is 12.2. The Bertz CT molecular complexity index is 552. The summed E-state index contributed by atoms with van der Waals surface area (Å²) in [6, 6.07) is 8.48. The summed E-state index contributed by atoms with van der Waals surface area (Å²) in [4.78, 5) is 27.9. The van der Waals surface area contributed by atoms with Crippen LogP contribution < -0.4 is 10.2 Å². The monoisotopic (exact) mass is 317 g/mol. The van der Waals surface area contributed by atoms with Crippen LogP contribution in [0.15, 0.2) is 24.3 Å². The van der Waals surface area contributed by atoms with Crippen LogP contribution in [0.2, 0.25) is 0 Å². The zero-order valence-electron chi connectivity index (χ0n) is 14.5. The molecule has 1 aromatic carbocycles. The highest BCUT2D eigenvalue weighted by atomic mass is 16.2. The molecule has 5 nitrogen and oxygen atoms in total. The zero-order chi connectivity index (χ0) is 17.0. The summed E-state index contributed by atoms with van der Waals surface area (Å²) in [6.45, 7) is 5.11. The van der Waals surface area contributed by atoms with Gasteiger partial charge in [-0.3, -0.25) is 9.59 Å². The van der Waals surface area contributed by atoms with Crippen molar-refractivity contribution in [2.24, 2.45) is 5.92 Å². The average molecular weight is 317 g/mol. The molecule has 1 aliphatic heterocycles. The number of likely N-dealkylation sites (tertiary alicyclic amines) is 1. The molecule has 0 radical (unpaired) electrons. The topological polar surface area (TPSA) is 52.7 Å². The van der Waals surface area contributed by atoms with Crippen molar-refractivity contribution >= 4 is 17.5 Å². The average Bonchev–Trinajstić information content (AvgIpc) is 2.90. The molecule has 0 unspecified atom stereocenters. The van der Waals surface area contributed by atoms with Gasteiger partial charge in [0.05, 0.1) is 5.92 Å². The van der Waals surface area contributed by atoms with Gasteiger partial charge in [-0.15, -0.1) is 0 Å². The number of hydrogen-bond acceptors (Lipinski definition) is 3. The summed E-state index contributed by atoms with van der Waals surface area (Å²) in [7, 11) is 4.02. The van der Waals surface area contributed by atoms with Crippen molar-refractivity contribution in [2.45, 2.75) is 32.7 Å². The summed E-state index contributed by atoms with van der Waals surface area (Å²) < 4.78 is 0. The molecule has 1 atom stereocenters. The molecule has 2 amide bonds. The number of anilines is 1. The smallest absolute Gasteiger partial charge is 0.225 e. The van der Waals surface area contributed by atoms with Gasteiger partial charge in [-0.05, 0) is 38.0 Å². The van der Waals surface area contributed by atoms with E-state index in [1.54, 1.807) is 4.90 Å². The molecule has 1 fully saturated rings. The second-order valence-corrected chi connectivity index (χ2v) is 6.64. The van der Waals surface area contributed by atoms with E-state index < -0.39 is 0 Å². The Hall–Kier alpha value is -2.04. The van der Waals surface area contributed by atoms with Crippen LogP contribution in [0.5, 0.6) is 0 Å². The highest BCUT2D eigenvalue weighted by Gasteiger charge is 2.35. The van der Waals surface area contributed by atoms with Crippen LogP contribution in [0, 0.1) is 5.92 Å². The van der Waals surface area contributed by atoms with Gasteiger partial charge in [0, 0.05) is 45.3 Å². The number of nitrogens with zero attached hydrogens (tertiary/aromatic N) is 2. The SMILES string of the molecule is CC(C)N1C[C@H](C(=O)NCCc2ccc(N(C)C)cc2)CC1=O. The summed E-state index contributed by atoms with van der Waals surface area (Å²) >= 11 is 0. The van der Waals surface area contributed by atoms with Gasteiger partial charge in [-0.25, -0.2) is 0 Å². The first-order chi connectivity index (χ1) is 10.9. The standard InChI is InChI=1S/C18H27N3O2/c1-13(2)21-12-15(11-17(21)22)18(23)19-10-9-14-5-7-16(8-6-14)20(3)4/h5-8,13,15H,9-12H2,1-4H3,(H,19,23)/t15-/m1/s1. The van der Waals surface area contributed by atoms with Crippen molar-refractivity contribution < 1.29 is 9.59 Å². The van der Waals surface area contributed by atoms with E-state index in [1.165, 1.54) is 5.56 Å². The molecule has 0 spiro atoms. The zero-order valence-corrected chi connectivity index (χ0v) is 14.5. The highest BCUT2D eigenvalue weighted by Crippen LogP contribution is 2.20. The number of hydrogen-bond donors (Lipinski definition) is 1. The van der Waals surface area contributed by atoms with Crippen LogP contribution in [-0.2, 0) is 16.0 Å². The fourth-order valence-corrected chi connectivity index (χ4v) is 2.84. The van der Waals surface area contributed by atoms with E-state index in [0.717, 1.165) is 12.1 Å².